The number of rotatable bonds is 4. The number of amides is 1. The molecule has 0 spiro atoms. The van der Waals surface area contributed by atoms with E-state index in [4.69, 9.17) is 5.11 Å². The standard InChI is InChI=1S/C11H8F3NO4/c12-11(13,14)19-8-4-2-1-3-7(8)15-9(16)5-6-10(17)18/h1-6H,(H,15,16)(H,17,18)/b6-5+. The van der Waals surface area contributed by atoms with E-state index in [9.17, 15) is 22.8 Å². The molecule has 0 radical (unpaired) electrons. The normalized spacial score (nSPS) is 11.3. The first kappa shape index (κ1) is 14.6. The summed E-state index contributed by atoms with van der Waals surface area (Å²) in [4.78, 5) is 21.4. The largest absolute Gasteiger partial charge is 0.573 e. The molecule has 1 amide bonds. The first-order valence-electron chi connectivity index (χ1n) is 4.85. The number of aliphatic carboxylic acids is 1. The topological polar surface area (TPSA) is 75.6 Å². The lowest BCUT2D eigenvalue weighted by Crippen LogP contribution is -2.19. The van der Waals surface area contributed by atoms with Crippen molar-refractivity contribution in [1.29, 1.82) is 0 Å². The zero-order valence-corrected chi connectivity index (χ0v) is 9.27. The van der Waals surface area contributed by atoms with Gasteiger partial charge in [0.15, 0.2) is 5.75 Å². The number of carbonyl (C=O) groups excluding carboxylic acids is 1. The second-order valence-electron chi connectivity index (χ2n) is 3.20. The minimum absolute atomic E-state index is 0.222. The van der Waals surface area contributed by atoms with Crippen molar-refractivity contribution >= 4 is 17.6 Å². The van der Waals surface area contributed by atoms with E-state index in [1.807, 2.05) is 0 Å². The number of para-hydroxylation sites is 2. The number of alkyl halides is 3. The van der Waals surface area contributed by atoms with E-state index in [1.54, 1.807) is 0 Å². The first-order valence-corrected chi connectivity index (χ1v) is 4.85. The Morgan fingerprint density at radius 2 is 1.84 bits per heavy atom. The van der Waals surface area contributed by atoms with Gasteiger partial charge in [-0.25, -0.2) is 4.79 Å². The Hall–Kier alpha value is -2.51. The molecule has 102 valence electrons. The summed E-state index contributed by atoms with van der Waals surface area (Å²) in [6.45, 7) is 0. The number of anilines is 1. The fourth-order valence-corrected chi connectivity index (χ4v) is 1.10. The maximum absolute atomic E-state index is 12.1. The van der Waals surface area contributed by atoms with Crippen LogP contribution < -0.4 is 10.1 Å². The van der Waals surface area contributed by atoms with Crippen molar-refractivity contribution in [3.8, 4) is 5.75 Å². The van der Waals surface area contributed by atoms with Crippen LogP contribution in [0.5, 0.6) is 5.75 Å². The zero-order valence-electron chi connectivity index (χ0n) is 9.27. The third kappa shape index (κ3) is 5.57. The van der Waals surface area contributed by atoms with Gasteiger partial charge in [-0.2, -0.15) is 0 Å². The van der Waals surface area contributed by atoms with Crippen LogP contribution in [-0.4, -0.2) is 23.3 Å². The van der Waals surface area contributed by atoms with E-state index in [-0.39, 0.29) is 5.69 Å². The predicted molar refractivity (Wildman–Crippen MR) is 58.5 cm³/mol. The number of hydrogen-bond acceptors (Lipinski definition) is 3. The Kier molecular flexibility index (Phi) is 4.51. The number of carboxylic acid groups (broad SMARTS) is 1. The number of benzene rings is 1. The minimum atomic E-state index is -4.89. The third-order valence-electron chi connectivity index (χ3n) is 1.75. The van der Waals surface area contributed by atoms with Crippen LogP contribution in [0.1, 0.15) is 0 Å². The van der Waals surface area contributed by atoms with Gasteiger partial charge in [0.1, 0.15) is 0 Å². The Balaban J connectivity index is 2.84. The van der Waals surface area contributed by atoms with Gasteiger partial charge < -0.3 is 15.2 Å². The zero-order chi connectivity index (χ0) is 14.5. The van der Waals surface area contributed by atoms with Crippen LogP contribution >= 0.6 is 0 Å². The monoisotopic (exact) mass is 275 g/mol. The molecule has 0 unspecified atom stereocenters. The SMILES string of the molecule is O=C(O)/C=C/C(=O)Nc1ccccc1OC(F)(F)F. The van der Waals surface area contributed by atoms with E-state index in [0.717, 1.165) is 6.07 Å². The second-order valence-corrected chi connectivity index (χ2v) is 3.20. The molecule has 0 heterocycles. The molecule has 1 aromatic carbocycles. The van der Waals surface area contributed by atoms with Crippen LogP contribution in [0.4, 0.5) is 18.9 Å². The molecule has 0 aliphatic heterocycles. The quantitative estimate of drug-likeness (QED) is 0.826. The third-order valence-corrected chi connectivity index (χ3v) is 1.75. The van der Waals surface area contributed by atoms with Crippen molar-refractivity contribution in [2.24, 2.45) is 0 Å². The lowest BCUT2D eigenvalue weighted by atomic mass is 10.3. The van der Waals surface area contributed by atoms with Gasteiger partial charge in [0.05, 0.1) is 5.69 Å². The summed E-state index contributed by atoms with van der Waals surface area (Å²) in [5, 5.41) is 10.4. The number of carbonyl (C=O) groups is 2. The van der Waals surface area contributed by atoms with Gasteiger partial charge in [0.25, 0.3) is 0 Å². The highest BCUT2D eigenvalue weighted by Crippen LogP contribution is 2.29. The van der Waals surface area contributed by atoms with E-state index < -0.39 is 24.0 Å². The van der Waals surface area contributed by atoms with Gasteiger partial charge in [-0.05, 0) is 12.1 Å². The summed E-state index contributed by atoms with van der Waals surface area (Å²) in [6, 6.07) is 4.89. The number of nitrogens with one attached hydrogen (secondary N) is 1. The molecule has 1 aromatic rings. The van der Waals surface area contributed by atoms with E-state index in [2.05, 4.69) is 10.1 Å². The maximum Gasteiger partial charge on any atom is 0.573 e. The summed E-state index contributed by atoms with van der Waals surface area (Å²) in [6.07, 6.45) is -3.66. The van der Waals surface area contributed by atoms with Crippen LogP contribution in [0.25, 0.3) is 0 Å². The molecule has 19 heavy (non-hydrogen) atoms. The number of ether oxygens (including phenoxy) is 1. The van der Waals surface area contributed by atoms with Crippen molar-refractivity contribution in [3.05, 3.63) is 36.4 Å². The lowest BCUT2D eigenvalue weighted by Gasteiger charge is -2.12. The summed E-state index contributed by atoms with van der Waals surface area (Å²) in [7, 11) is 0. The molecular formula is C11H8F3NO4. The Labute approximate surface area is 105 Å². The van der Waals surface area contributed by atoms with Crippen LogP contribution in [0, 0.1) is 0 Å². The summed E-state index contributed by atoms with van der Waals surface area (Å²) >= 11 is 0. The van der Waals surface area contributed by atoms with Crippen molar-refractivity contribution in [3.63, 3.8) is 0 Å². The molecule has 1 rings (SSSR count). The number of hydrogen-bond donors (Lipinski definition) is 2. The van der Waals surface area contributed by atoms with E-state index >= 15 is 0 Å². The van der Waals surface area contributed by atoms with Crippen LogP contribution in [-0.2, 0) is 9.59 Å². The molecule has 0 fully saturated rings. The Bertz CT molecular complexity index is 511. The molecule has 5 nitrogen and oxygen atoms in total. The van der Waals surface area contributed by atoms with Gasteiger partial charge in [-0.15, -0.1) is 13.2 Å². The fraction of sp³-hybridized carbons (Fsp3) is 0.0909. The van der Waals surface area contributed by atoms with Crippen molar-refractivity contribution in [2.75, 3.05) is 5.32 Å². The van der Waals surface area contributed by atoms with Crippen molar-refractivity contribution in [1.82, 2.24) is 0 Å². The van der Waals surface area contributed by atoms with E-state index in [0.29, 0.717) is 12.2 Å². The predicted octanol–water partition coefficient (Wildman–Crippen LogP) is 2.16. The highest BCUT2D eigenvalue weighted by atomic mass is 19.4. The first-order chi connectivity index (χ1) is 8.78. The van der Waals surface area contributed by atoms with Crippen LogP contribution in [0.15, 0.2) is 36.4 Å². The molecule has 0 saturated heterocycles. The van der Waals surface area contributed by atoms with Crippen molar-refractivity contribution in [2.45, 2.75) is 6.36 Å². The van der Waals surface area contributed by atoms with Crippen molar-refractivity contribution < 1.29 is 32.6 Å². The lowest BCUT2D eigenvalue weighted by molar-refractivity contribution is -0.274. The van der Waals surface area contributed by atoms with Gasteiger partial charge in [-0.3, -0.25) is 4.79 Å². The van der Waals surface area contributed by atoms with Crippen LogP contribution in [0.2, 0.25) is 0 Å². The second kappa shape index (κ2) is 5.89. The average Bonchev–Trinajstić information content (AvgIpc) is 2.27. The Morgan fingerprint density at radius 1 is 1.21 bits per heavy atom. The Morgan fingerprint density at radius 3 is 2.42 bits per heavy atom. The molecule has 0 saturated carbocycles. The molecular weight excluding hydrogens is 267 g/mol. The maximum atomic E-state index is 12.1. The molecule has 0 aliphatic carbocycles. The molecule has 0 aromatic heterocycles. The fourth-order valence-electron chi connectivity index (χ4n) is 1.10. The number of carboxylic acids is 1. The average molecular weight is 275 g/mol. The van der Waals surface area contributed by atoms with Gasteiger partial charge in [-0.1, -0.05) is 12.1 Å². The van der Waals surface area contributed by atoms with Gasteiger partial charge >= 0.3 is 12.3 Å². The smallest absolute Gasteiger partial charge is 0.478 e. The minimum Gasteiger partial charge on any atom is -0.478 e. The number of halogens is 3. The van der Waals surface area contributed by atoms with E-state index in [1.165, 1.54) is 18.2 Å². The molecule has 0 bridgehead atoms. The highest BCUT2D eigenvalue weighted by Gasteiger charge is 2.32. The summed E-state index contributed by atoms with van der Waals surface area (Å²) < 4.78 is 40.0. The van der Waals surface area contributed by atoms with Gasteiger partial charge in [0, 0.05) is 12.2 Å². The summed E-state index contributed by atoms with van der Waals surface area (Å²) in [5.74, 6) is -2.83. The highest BCUT2D eigenvalue weighted by molar-refractivity contribution is 6.03. The molecule has 0 aliphatic rings. The van der Waals surface area contributed by atoms with Gasteiger partial charge in [0.2, 0.25) is 5.91 Å². The molecule has 8 heteroatoms. The molecule has 2 N–H and O–H groups in total. The molecule has 0 atom stereocenters. The van der Waals surface area contributed by atoms with Crippen LogP contribution in [0.3, 0.4) is 0 Å². The summed E-state index contributed by atoms with van der Waals surface area (Å²) in [5.41, 5.74) is -0.222.